The van der Waals surface area contributed by atoms with E-state index in [0.717, 1.165) is 17.0 Å². The third kappa shape index (κ3) is 3.34. The first kappa shape index (κ1) is 15.9. The quantitative estimate of drug-likeness (QED) is 0.743. The Balaban J connectivity index is 2.03. The van der Waals surface area contributed by atoms with Crippen molar-refractivity contribution >= 4 is 11.3 Å². The van der Waals surface area contributed by atoms with E-state index in [1.165, 1.54) is 0 Å². The second kappa shape index (κ2) is 7.08. The van der Waals surface area contributed by atoms with Gasteiger partial charge in [0.2, 0.25) is 0 Å². The Morgan fingerprint density at radius 2 is 1.92 bits per heavy atom. The average molecular weight is 321 g/mol. The van der Waals surface area contributed by atoms with Crippen LogP contribution in [0.5, 0.6) is 5.75 Å². The number of hydrogen-bond donors (Lipinski definition) is 3. The van der Waals surface area contributed by atoms with Gasteiger partial charge in [-0.2, -0.15) is 0 Å². The topological polar surface area (TPSA) is 98.5 Å². The van der Waals surface area contributed by atoms with E-state index >= 15 is 0 Å². The van der Waals surface area contributed by atoms with Gasteiger partial charge >= 0.3 is 0 Å². The smallest absolute Gasteiger partial charge is 0.138 e. The molecule has 122 valence electrons. The maximum absolute atomic E-state index is 5.95. The van der Waals surface area contributed by atoms with E-state index in [2.05, 4.69) is 15.3 Å². The minimum absolute atomic E-state index is 0.594. The van der Waals surface area contributed by atoms with Crippen LogP contribution in [0.4, 0.5) is 0 Å². The zero-order valence-corrected chi connectivity index (χ0v) is 13.3. The van der Waals surface area contributed by atoms with Crippen molar-refractivity contribution < 1.29 is 4.74 Å². The summed E-state index contributed by atoms with van der Waals surface area (Å²) in [5.74, 6) is 1.39. The van der Waals surface area contributed by atoms with Gasteiger partial charge in [0.25, 0.3) is 0 Å². The fourth-order valence-corrected chi connectivity index (χ4v) is 2.42. The summed E-state index contributed by atoms with van der Waals surface area (Å²) in [5.41, 5.74) is 15.0. The molecule has 24 heavy (non-hydrogen) atoms. The second-order valence-corrected chi connectivity index (χ2v) is 5.21. The van der Waals surface area contributed by atoms with Crippen LogP contribution in [-0.4, -0.2) is 24.0 Å². The summed E-state index contributed by atoms with van der Waals surface area (Å²) in [5, 5.41) is 3.11. The van der Waals surface area contributed by atoms with E-state index < -0.39 is 6.17 Å². The van der Waals surface area contributed by atoms with Gasteiger partial charge in [-0.1, -0.05) is 6.07 Å². The van der Waals surface area contributed by atoms with Gasteiger partial charge in [-0.15, -0.1) is 0 Å². The van der Waals surface area contributed by atoms with E-state index in [-0.39, 0.29) is 0 Å². The van der Waals surface area contributed by atoms with Gasteiger partial charge in [-0.05, 0) is 42.5 Å². The second-order valence-electron chi connectivity index (χ2n) is 5.21. The van der Waals surface area contributed by atoms with Crippen molar-refractivity contribution in [2.45, 2.75) is 6.17 Å². The van der Waals surface area contributed by atoms with E-state index in [1.807, 2.05) is 54.7 Å². The van der Waals surface area contributed by atoms with Crippen LogP contribution in [0.1, 0.15) is 11.3 Å². The Morgan fingerprint density at radius 1 is 1.12 bits per heavy atom. The normalized spacial score (nSPS) is 15.8. The highest BCUT2D eigenvalue weighted by molar-refractivity contribution is 6.10. The molecular weight excluding hydrogens is 302 g/mol. The lowest BCUT2D eigenvalue weighted by atomic mass is 10.1. The van der Waals surface area contributed by atoms with Crippen LogP contribution in [0.2, 0.25) is 0 Å². The monoisotopic (exact) mass is 321 g/mol. The Kier molecular flexibility index (Phi) is 4.69. The molecule has 0 aliphatic carbocycles. The largest absolute Gasteiger partial charge is 0.497 e. The summed E-state index contributed by atoms with van der Waals surface area (Å²) < 4.78 is 5.18. The minimum Gasteiger partial charge on any atom is -0.497 e. The predicted molar refractivity (Wildman–Crippen MR) is 95.1 cm³/mol. The number of ether oxygens (including phenoxy) is 1. The standard InChI is InChI=1S/C18H19N5O/c1-24-13-7-5-12(6-8-13)14-9-11-22-18(23-14)16(17(19)20)15-4-2-3-10-21-15/h2-11,17,22H,19-20H2,1H3/b18-16+. The molecule has 0 atom stereocenters. The first-order valence-electron chi connectivity index (χ1n) is 7.52. The number of aliphatic imine (C=N–C) groups is 1. The Hall–Kier alpha value is -2.96. The Bertz CT molecular complexity index is 792. The fraction of sp³-hybridized carbons (Fsp3) is 0.111. The maximum atomic E-state index is 5.95. The summed E-state index contributed by atoms with van der Waals surface area (Å²) in [6, 6.07) is 13.3. The molecule has 0 saturated heterocycles. The number of methoxy groups -OCH3 is 1. The number of pyridine rings is 1. The maximum Gasteiger partial charge on any atom is 0.138 e. The van der Waals surface area contributed by atoms with Gasteiger partial charge in [-0.3, -0.25) is 4.98 Å². The highest BCUT2D eigenvalue weighted by Crippen LogP contribution is 2.21. The Morgan fingerprint density at radius 3 is 2.54 bits per heavy atom. The van der Waals surface area contributed by atoms with Crippen LogP contribution in [-0.2, 0) is 0 Å². The number of allylic oxidation sites excluding steroid dienone is 1. The van der Waals surface area contributed by atoms with Crippen LogP contribution in [0, 0.1) is 0 Å². The number of nitrogens with zero attached hydrogens (tertiary/aromatic N) is 2. The first-order valence-corrected chi connectivity index (χ1v) is 7.52. The van der Waals surface area contributed by atoms with Crippen molar-refractivity contribution in [3.63, 3.8) is 0 Å². The van der Waals surface area contributed by atoms with Gasteiger partial charge in [-0.25, -0.2) is 4.99 Å². The van der Waals surface area contributed by atoms with Crippen molar-refractivity contribution in [2.24, 2.45) is 16.5 Å². The van der Waals surface area contributed by atoms with Gasteiger partial charge < -0.3 is 21.5 Å². The number of nitrogens with one attached hydrogen (secondary N) is 1. The van der Waals surface area contributed by atoms with Gasteiger partial charge in [0.05, 0.1) is 30.3 Å². The summed E-state index contributed by atoms with van der Waals surface area (Å²) in [6.45, 7) is 0. The van der Waals surface area contributed by atoms with E-state index in [4.69, 9.17) is 16.2 Å². The molecule has 6 nitrogen and oxygen atoms in total. The number of aromatic nitrogens is 1. The fourth-order valence-electron chi connectivity index (χ4n) is 2.42. The number of nitrogens with two attached hydrogens (primary N) is 2. The molecule has 6 heteroatoms. The van der Waals surface area contributed by atoms with E-state index in [9.17, 15) is 0 Å². The molecule has 2 aromatic rings. The van der Waals surface area contributed by atoms with Crippen molar-refractivity contribution in [1.82, 2.24) is 10.3 Å². The summed E-state index contributed by atoms with van der Waals surface area (Å²) in [7, 11) is 1.64. The van der Waals surface area contributed by atoms with Crippen molar-refractivity contribution in [2.75, 3.05) is 7.11 Å². The average Bonchev–Trinajstić information content (AvgIpc) is 2.63. The highest BCUT2D eigenvalue weighted by Gasteiger charge is 2.17. The lowest BCUT2D eigenvalue weighted by Gasteiger charge is -2.18. The Labute approximate surface area is 140 Å². The number of benzene rings is 1. The highest BCUT2D eigenvalue weighted by atomic mass is 16.5. The molecule has 5 N–H and O–H groups in total. The van der Waals surface area contributed by atoms with Crippen LogP contribution in [0.25, 0.3) is 5.57 Å². The van der Waals surface area contributed by atoms with Crippen LogP contribution >= 0.6 is 0 Å². The molecule has 0 spiro atoms. The molecule has 0 unspecified atom stereocenters. The zero-order chi connectivity index (χ0) is 16.9. The first-order chi connectivity index (χ1) is 11.7. The predicted octanol–water partition coefficient (Wildman–Crippen LogP) is 1.61. The summed E-state index contributed by atoms with van der Waals surface area (Å²) in [6.07, 6.45) is 4.71. The minimum atomic E-state index is -0.699. The zero-order valence-electron chi connectivity index (χ0n) is 13.3. The van der Waals surface area contributed by atoms with Gasteiger partial charge in [0.15, 0.2) is 0 Å². The molecular formula is C18H19N5O. The summed E-state index contributed by atoms with van der Waals surface area (Å²) >= 11 is 0. The SMILES string of the molecule is COc1ccc(C2=N/C(=C(\c3ccccn3)C(N)N)NC=C2)cc1. The van der Waals surface area contributed by atoms with Gasteiger partial charge in [0, 0.05) is 18.0 Å². The van der Waals surface area contributed by atoms with Crippen LogP contribution in [0.15, 0.2) is 71.8 Å². The van der Waals surface area contributed by atoms with Crippen molar-refractivity contribution in [1.29, 1.82) is 0 Å². The molecule has 0 bridgehead atoms. The molecule has 0 radical (unpaired) electrons. The molecule has 1 aromatic carbocycles. The van der Waals surface area contributed by atoms with Crippen molar-refractivity contribution in [3.05, 3.63) is 78.0 Å². The molecule has 0 saturated carbocycles. The van der Waals surface area contributed by atoms with Crippen LogP contribution in [0.3, 0.4) is 0 Å². The van der Waals surface area contributed by atoms with Crippen molar-refractivity contribution in [3.8, 4) is 5.75 Å². The molecule has 2 heterocycles. The van der Waals surface area contributed by atoms with E-state index in [1.54, 1.807) is 13.3 Å². The lowest BCUT2D eigenvalue weighted by Crippen LogP contribution is -2.34. The lowest BCUT2D eigenvalue weighted by molar-refractivity contribution is 0.415. The molecule has 1 aliphatic rings. The summed E-state index contributed by atoms with van der Waals surface area (Å²) in [4.78, 5) is 8.99. The molecule has 3 rings (SSSR count). The van der Waals surface area contributed by atoms with Crippen LogP contribution < -0.4 is 21.5 Å². The molecule has 1 aromatic heterocycles. The molecule has 0 amide bonds. The third-order valence-electron chi connectivity index (χ3n) is 3.61. The van der Waals surface area contributed by atoms with E-state index in [0.29, 0.717) is 17.1 Å². The number of hydrogen-bond acceptors (Lipinski definition) is 6. The molecule has 1 aliphatic heterocycles. The number of rotatable bonds is 4. The van der Waals surface area contributed by atoms with Gasteiger partial charge in [0.1, 0.15) is 11.6 Å². The molecule has 0 fully saturated rings. The third-order valence-corrected chi connectivity index (χ3v) is 3.61.